The first kappa shape index (κ1) is 20.2. The van der Waals surface area contributed by atoms with Crippen LogP contribution in [0.3, 0.4) is 0 Å². The van der Waals surface area contributed by atoms with Crippen molar-refractivity contribution in [3.8, 4) is 0 Å². The smallest absolute Gasteiger partial charge is 0.191 e. The summed E-state index contributed by atoms with van der Waals surface area (Å²) in [5.41, 5.74) is 1.36. The molecule has 1 unspecified atom stereocenters. The van der Waals surface area contributed by atoms with Crippen molar-refractivity contribution in [2.75, 3.05) is 20.1 Å². The average Bonchev–Trinajstić information content (AvgIpc) is 3.32. The summed E-state index contributed by atoms with van der Waals surface area (Å²) in [6.45, 7) is 7.16. The summed E-state index contributed by atoms with van der Waals surface area (Å²) in [5.74, 6) is 0.975. The van der Waals surface area contributed by atoms with Gasteiger partial charge in [-0.2, -0.15) is 0 Å². The lowest BCUT2D eigenvalue weighted by Gasteiger charge is -2.24. The van der Waals surface area contributed by atoms with Gasteiger partial charge in [-0.3, -0.25) is 9.89 Å². The first-order valence-corrected chi connectivity index (χ1v) is 8.48. The molecule has 1 aliphatic carbocycles. The van der Waals surface area contributed by atoms with E-state index in [1.54, 1.807) is 0 Å². The lowest BCUT2D eigenvalue weighted by Crippen LogP contribution is -2.39. The Labute approximate surface area is 158 Å². The zero-order valence-electron chi connectivity index (χ0n) is 14.6. The average molecular weight is 430 g/mol. The second-order valence-corrected chi connectivity index (χ2v) is 6.22. The molecule has 1 aliphatic rings. The van der Waals surface area contributed by atoms with Gasteiger partial charge in [0.25, 0.3) is 0 Å². The Hall–Kier alpha value is -0.820. The van der Waals surface area contributed by atoms with E-state index in [0.717, 1.165) is 32.0 Å². The van der Waals surface area contributed by atoms with Crippen molar-refractivity contribution < 1.29 is 0 Å². The highest BCUT2D eigenvalue weighted by molar-refractivity contribution is 14.0. The molecule has 0 radical (unpaired) electrons. The molecule has 0 aromatic heterocycles. The van der Waals surface area contributed by atoms with Gasteiger partial charge in [-0.05, 0) is 45.7 Å². The van der Waals surface area contributed by atoms with Crippen molar-refractivity contribution in [2.45, 2.75) is 51.7 Å². The molecule has 23 heavy (non-hydrogen) atoms. The number of hydrogen-bond donors (Lipinski definition) is 2. The van der Waals surface area contributed by atoms with Crippen LogP contribution in [0.4, 0.5) is 0 Å². The zero-order chi connectivity index (χ0) is 15.8. The lowest BCUT2D eigenvalue weighted by molar-refractivity contribution is 0.240. The van der Waals surface area contributed by atoms with Gasteiger partial charge >= 0.3 is 0 Å². The second kappa shape index (κ2) is 10.9. The van der Waals surface area contributed by atoms with Crippen molar-refractivity contribution >= 4 is 29.9 Å². The van der Waals surface area contributed by atoms with Crippen LogP contribution in [-0.4, -0.2) is 43.1 Å². The van der Waals surface area contributed by atoms with Crippen LogP contribution in [0, 0.1) is 0 Å². The largest absolute Gasteiger partial charge is 0.357 e. The third-order valence-electron chi connectivity index (χ3n) is 4.11. The van der Waals surface area contributed by atoms with Crippen molar-refractivity contribution in [1.82, 2.24) is 15.5 Å². The Morgan fingerprint density at radius 2 is 2.00 bits per heavy atom. The maximum absolute atomic E-state index is 4.69. The fraction of sp³-hybridized carbons (Fsp3) is 0.611. The molecule has 0 heterocycles. The standard InChI is InChI=1S/C18H30N4.HI/c1-4-19-18(21-17-10-11-17)20-13-12-15(2)22(3)14-16-8-6-5-7-9-16;/h5-9,15,17H,4,10-14H2,1-3H3,(H2,19,20,21);1H. The van der Waals surface area contributed by atoms with Crippen LogP contribution < -0.4 is 10.6 Å². The van der Waals surface area contributed by atoms with Gasteiger partial charge in [0.1, 0.15) is 0 Å². The Balaban J connectivity index is 0.00000264. The molecule has 0 amide bonds. The van der Waals surface area contributed by atoms with E-state index in [0.29, 0.717) is 12.1 Å². The molecule has 0 aliphatic heterocycles. The van der Waals surface area contributed by atoms with Crippen LogP contribution in [0.25, 0.3) is 0 Å². The number of nitrogens with one attached hydrogen (secondary N) is 2. The molecule has 1 aromatic rings. The highest BCUT2D eigenvalue weighted by Crippen LogP contribution is 2.18. The summed E-state index contributed by atoms with van der Waals surface area (Å²) in [6.07, 6.45) is 3.63. The van der Waals surface area contributed by atoms with Crippen LogP contribution in [-0.2, 0) is 6.54 Å². The highest BCUT2D eigenvalue weighted by atomic mass is 127. The SMILES string of the molecule is CCNC(=NCCC(C)N(C)Cc1ccccc1)NC1CC1.I. The van der Waals surface area contributed by atoms with Crippen molar-refractivity contribution in [3.63, 3.8) is 0 Å². The molecule has 2 rings (SSSR count). The minimum absolute atomic E-state index is 0. The molecule has 1 saturated carbocycles. The van der Waals surface area contributed by atoms with Gasteiger partial charge in [-0.1, -0.05) is 30.3 Å². The van der Waals surface area contributed by atoms with Crippen molar-refractivity contribution in [3.05, 3.63) is 35.9 Å². The number of nitrogens with zero attached hydrogens (tertiary/aromatic N) is 2. The highest BCUT2D eigenvalue weighted by Gasteiger charge is 2.22. The van der Waals surface area contributed by atoms with E-state index in [9.17, 15) is 0 Å². The van der Waals surface area contributed by atoms with Gasteiger partial charge in [0.2, 0.25) is 0 Å². The molecule has 4 nitrogen and oxygen atoms in total. The fourth-order valence-electron chi connectivity index (χ4n) is 2.35. The summed E-state index contributed by atoms with van der Waals surface area (Å²) < 4.78 is 0. The van der Waals surface area contributed by atoms with Gasteiger partial charge in [0, 0.05) is 31.7 Å². The van der Waals surface area contributed by atoms with Crippen LogP contribution in [0.15, 0.2) is 35.3 Å². The first-order chi connectivity index (χ1) is 10.7. The topological polar surface area (TPSA) is 39.7 Å². The molecule has 0 spiro atoms. The van der Waals surface area contributed by atoms with Crippen molar-refractivity contribution in [2.24, 2.45) is 4.99 Å². The van der Waals surface area contributed by atoms with Gasteiger partial charge in [0.15, 0.2) is 5.96 Å². The molecular formula is C18H31IN4. The summed E-state index contributed by atoms with van der Waals surface area (Å²) in [6, 6.07) is 11.8. The molecule has 2 N–H and O–H groups in total. The van der Waals surface area contributed by atoms with E-state index in [4.69, 9.17) is 4.99 Å². The second-order valence-electron chi connectivity index (χ2n) is 6.22. The summed E-state index contributed by atoms with van der Waals surface area (Å²) >= 11 is 0. The van der Waals surface area contributed by atoms with E-state index in [-0.39, 0.29) is 24.0 Å². The van der Waals surface area contributed by atoms with E-state index in [1.165, 1.54) is 18.4 Å². The van der Waals surface area contributed by atoms with E-state index >= 15 is 0 Å². The zero-order valence-corrected chi connectivity index (χ0v) is 16.9. The minimum atomic E-state index is 0. The third-order valence-corrected chi connectivity index (χ3v) is 4.11. The fourth-order valence-corrected chi connectivity index (χ4v) is 2.35. The summed E-state index contributed by atoms with van der Waals surface area (Å²) in [7, 11) is 2.19. The molecule has 1 fully saturated rings. The number of benzene rings is 1. The first-order valence-electron chi connectivity index (χ1n) is 8.48. The quantitative estimate of drug-likeness (QED) is 0.378. The predicted molar refractivity (Wildman–Crippen MR) is 110 cm³/mol. The van der Waals surface area contributed by atoms with E-state index < -0.39 is 0 Å². The molecule has 1 atom stereocenters. The minimum Gasteiger partial charge on any atom is -0.357 e. The van der Waals surface area contributed by atoms with E-state index in [2.05, 4.69) is 66.8 Å². The summed E-state index contributed by atoms with van der Waals surface area (Å²) in [5, 5.41) is 6.78. The van der Waals surface area contributed by atoms with Crippen molar-refractivity contribution in [1.29, 1.82) is 0 Å². The number of halogens is 1. The normalized spacial score (nSPS) is 15.9. The Bertz CT molecular complexity index is 459. The maximum Gasteiger partial charge on any atom is 0.191 e. The number of rotatable bonds is 8. The monoisotopic (exact) mass is 430 g/mol. The number of guanidine groups is 1. The maximum atomic E-state index is 4.69. The van der Waals surface area contributed by atoms with Crippen LogP contribution >= 0.6 is 24.0 Å². The molecule has 0 bridgehead atoms. The molecule has 0 saturated heterocycles. The van der Waals surface area contributed by atoms with Crippen LogP contribution in [0.5, 0.6) is 0 Å². The summed E-state index contributed by atoms with van der Waals surface area (Å²) in [4.78, 5) is 7.09. The Morgan fingerprint density at radius 3 is 2.61 bits per heavy atom. The lowest BCUT2D eigenvalue weighted by atomic mass is 10.1. The molecule has 1 aromatic carbocycles. The number of aliphatic imine (C=N–C) groups is 1. The van der Waals surface area contributed by atoms with Gasteiger partial charge in [-0.15, -0.1) is 24.0 Å². The Kier molecular flexibility index (Phi) is 9.55. The van der Waals surface area contributed by atoms with Gasteiger partial charge in [0.05, 0.1) is 0 Å². The predicted octanol–water partition coefficient (Wildman–Crippen LogP) is 3.23. The van der Waals surface area contributed by atoms with E-state index in [1.807, 2.05) is 0 Å². The molecular weight excluding hydrogens is 399 g/mol. The van der Waals surface area contributed by atoms with Gasteiger partial charge in [-0.25, -0.2) is 0 Å². The third kappa shape index (κ3) is 8.01. The molecule has 130 valence electrons. The van der Waals surface area contributed by atoms with Gasteiger partial charge < -0.3 is 10.6 Å². The van der Waals surface area contributed by atoms with Crippen LogP contribution in [0.2, 0.25) is 0 Å². The van der Waals surface area contributed by atoms with Crippen LogP contribution in [0.1, 0.15) is 38.7 Å². The number of hydrogen-bond acceptors (Lipinski definition) is 2. The Morgan fingerprint density at radius 1 is 1.30 bits per heavy atom. The molecule has 5 heteroatoms.